The van der Waals surface area contributed by atoms with Gasteiger partial charge in [0, 0.05) is 11.4 Å². The van der Waals surface area contributed by atoms with E-state index in [0.717, 1.165) is 22.3 Å². The number of para-hydroxylation sites is 1. The third-order valence-electron chi connectivity index (χ3n) is 4.32. The molecule has 29 heavy (non-hydrogen) atoms. The van der Waals surface area contributed by atoms with Crippen LogP contribution in [0.1, 0.15) is 12.5 Å². The number of rotatable bonds is 4. The maximum Gasteiger partial charge on any atom is 0.300 e. The fourth-order valence-corrected chi connectivity index (χ4v) is 2.93. The Morgan fingerprint density at radius 3 is 2.83 bits per heavy atom. The van der Waals surface area contributed by atoms with Gasteiger partial charge in [0.1, 0.15) is 6.33 Å². The number of nitrogens with zero attached hydrogens (tertiary/aromatic N) is 4. The zero-order valence-corrected chi connectivity index (χ0v) is 16.0. The summed E-state index contributed by atoms with van der Waals surface area (Å²) in [6.45, 7) is 3.65. The molecule has 2 aromatic carbocycles. The first-order chi connectivity index (χ1) is 14.1. The zero-order chi connectivity index (χ0) is 20.2. The summed E-state index contributed by atoms with van der Waals surface area (Å²) in [5, 5.41) is 6.05. The third kappa shape index (κ3) is 3.92. The summed E-state index contributed by atoms with van der Waals surface area (Å²) < 4.78 is 1.83. The van der Waals surface area contributed by atoms with Gasteiger partial charge in [0.25, 0.3) is 5.91 Å². The normalized spacial score (nSPS) is 10.3. The number of fused-ring (bicyclic) bond motifs is 1. The molecule has 0 radical (unpaired) electrons. The second-order valence-electron chi connectivity index (χ2n) is 6.35. The summed E-state index contributed by atoms with van der Waals surface area (Å²) in [6, 6.07) is 13.4. The van der Waals surface area contributed by atoms with E-state index >= 15 is 0 Å². The molecular formula is C22H18N6O. The largest absolute Gasteiger partial charge is 0.339 e. The maximum absolute atomic E-state index is 11.7. The number of aromatic nitrogens is 4. The molecule has 2 heterocycles. The summed E-state index contributed by atoms with van der Waals surface area (Å²) >= 11 is 0. The highest BCUT2D eigenvalue weighted by molar-refractivity contribution is 6.04. The van der Waals surface area contributed by atoms with Gasteiger partial charge in [0.05, 0.1) is 23.4 Å². The van der Waals surface area contributed by atoms with Crippen LogP contribution >= 0.6 is 0 Å². The van der Waals surface area contributed by atoms with E-state index in [2.05, 4.69) is 37.4 Å². The molecule has 0 aliphatic rings. The van der Waals surface area contributed by atoms with E-state index in [1.54, 1.807) is 31.7 Å². The van der Waals surface area contributed by atoms with Gasteiger partial charge in [-0.1, -0.05) is 24.1 Å². The van der Waals surface area contributed by atoms with E-state index in [9.17, 15) is 4.79 Å². The van der Waals surface area contributed by atoms with E-state index in [1.165, 1.54) is 0 Å². The van der Waals surface area contributed by atoms with Crippen LogP contribution < -0.4 is 10.6 Å². The van der Waals surface area contributed by atoms with Crippen molar-refractivity contribution in [1.82, 2.24) is 19.5 Å². The number of benzene rings is 2. The van der Waals surface area contributed by atoms with Gasteiger partial charge in [-0.3, -0.25) is 14.3 Å². The van der Waals surface area contributed by atoms with Gasteiger partial charge in [-0.2, -0.15) is 0 Å². The smallest absolute Gasteiger partial charge is 0.300 e. The highest BCUT2D eigenvalue weighted by atomic mass is 16.1. The average Bonchev–Trinajstić information content (AvgIpc) is 3.13. The standard InChI is InChI=1S/C22H18N6O/c1-3-6-22(29)25-16-9-10-18-19(11-16)28(14-24-18)21-13-23-12-20(27-21)26-17-8-5-4-7-15(17)2/h4-5,7-14H,1-2H3,(H,25,29)(H,26,27). The molecule has 2 aromatic heterocycles. The van der Waals surface area contributed by atoms with Gasteiger partial charge in [0.2, 0.25) is 0 Å². The number of imidazole rings is 1. The van der Waals surface area contributed by atoms with Gasteiger partial charge in [-0.25, -0.2) is 9.97 Å². The molecule has 0 saturated heterocycles. The Balaban J connectivity index is 1.68. The lowest BCUT2D eigenvalue weighted by atomic mass is 10.2. The predicted molar refractivity (Wildman–Crippen MR) is 113 cm³/mol. The van der Waals surface area contributed by atoms with Crippen molar-refractivity contribution in [3.8, 4) is 17.7 Å². The Morgan fingerprint density at radius 2 is 2.00 bits per heavy atom. The minimum Gasteiger partial charge on any atom is -0.339 e. The summed E-state index contributed by atoms with van der Waals surface area (Å²) in [6.07, 6.45) is 5.02. The van der Waals surface area contributed by atoms with E-state index in [1.807, 2.05) is 47.9 Å². The SMILES string of the molecule is CC#CC(=O)Nc1ccc2ncn(-c3cncc(Nc4ccccc4C)n3)c2c1. The van der Waals surface area contributed by atoms with Crippen molar-refractivity contribution in [1.29, 1.82) is 0 Å². The molecule has 7 heteroatoms. The first kappa shape index (κ1) is 18.2. The van der Waals surface area contributed by atoms with Crippen molar-refractivity contribution < 1.29 is 4.79 Å². The summed E-state index contributed by atoms with van der Waals surface area (Å²) in [5.41, 5.74) is 4.30. The number of amides is 1. The van der Waals surface area contributed by atoms with Gasteiger partial charge in [-0.15, -0.1) is 0 Å². The number of carbonyl (C=O) groups is 1. The maximum atomic E-state index is 11.7. The number of hydrogen-bond donors (Lipinski definition) is 2. The lowest BCUT2D eigenvalue weighted by Gasteiger charge is -2.10. The molecule has 7 nitrogen and oxygen atoms in total. The summed E-state index contributed by atoms with van der Waals surface area (Å²) in [7, 11) is 0. The topological polar surface area (TPSA) is 84.7 Å². The Hall–Kier alpha value is -4.18. The van der Waals surface area contributed by atoms with Crippen LogP contribution in [0.3, 0.4) is 0 Å². The van der Waals surface area contributed by atoms with Crippen molar-refractivity contribution in [3.05, 3.63) is 66.7 Å². The zero-order valence-electron chi connectivity index (χ0n) is 16.0. The van der Waals surface area contributed by atoms with Crippen LogP contribution in [0, 0.1) is 18.8 Å². The third-order valence-corrected chi connectivity index (χ3v) is 4.32. The van der Waals surface area contributed by atoms with Crippen LogP contribution in [0.25, 0.3) is 16.9 Å². The molecular weight excluding hydrogens is 364 g/mol. The Bertz CT molecular complexity index is 1270. The molecule has 0 fully saturated rings. The predicted octanol–water partition coefficient (Wildman–Crippen LogP) is 3.83. The fraction of sp³-hybridized carbons (Fsp3) is 0.0909. The van der Waals surface area contributed by atoms with Gasteiger partial charge in [0.15, 0.2) is 11.6 Å². The molecule has 0 spiro atoms. The molecule has 0 atom stereocenters. The first-order valence-corrected chi connectivity index (χ1v) is 9.00. The highest BCUT2D eigenvalue weighted by Crippen LogP contribution is 2.23. The number of aryl methyl sites for hydroxylation is 1. The number of anilines is 3. The van der Waals surface area contributed by atoms with Gasteiger partial charge in [-0.05, 0) is 49.6 Å². The van der Waals surface area contributed by atoms with Crippen LogP contribution in [0.15, 0.2) is 61.2 Å². The number of carbonyl (C=O) groups excluding carboxylic acids is 1. The number of nitrogens with one attached hydrogen (secondary N) is 2. The minimum atomic E-state index is -0.359. The van der Waals surface area contributed by atoms with Crippen LogP contribution in [-0.2, 0) is 4.79 Å². The molecule has 4 aromatic rings. The van der Waals surface area contributed by atoms with Gasteiger partial charge >= 0.3 is 0 Å². The van der Waals surface area contributed by atoms with Crippen molar-refractivity contribution in [2.45, 2.75) is 13.8 Å². The fourth-order valence-electron chi connectivity index (χ4n) is 2.93. The van der Waals surface area contributed by atoms with Crippen molar-refractivity contribution in [2.75, 3.05) is 10.6 Å². The van der Waals surface area contributed by atoms with E-state index in [-0.39, 0.29) is 5.91 Å². The number of hydrogen-bond acceptors (Lipinski definition) is 5. The molecule has 0 unspecified atom stereocenters. The highest BCUT2D eigenvalue weighted by Gasteiger charge is 2.09. The molecule has 0 saturated carbocycles. The monoisotopic (exact) mass is 382 g/mol. The van der Waals surface area contributed by atoms with Crippen molar-refractivity contribution >= 4 is 34.1 Å². The van der Waals surface area contributed by atoms with Crippen molar-refractivity contribution in [3.63, 3.8) is 0 Å². The second-order valence-corrected chi connectivity index (χ2v) is 6.35. The second kappa shape index (κ2) is 7.82. The average molecular weight is 382 g/mol. The van der Waals surface area contributed by atoms with Crippen LogP contribution in [0.5, 0.6) is 0 Å². The Labute approximate surface area is 167 Å². The molecule has 2 N–H and O–H groups in total. The lowest BCUT2D eigenvalue weighted by Crippen LogP contribution is -2.08. The van der Waals surface area contributed by atoms with Crippen molar-refractivity contribution in [2.24, 2.45) is 0 Å². The van der Waals surface area contributed by atoms with E-state index in [0.29, 0.717) is 17.3 Å². The molecule has 142 valence electrons. The Morgan fingerprint density at radius 1 is 1.14 bits per heavy atom. The molecule has 0 aliphatic carbocycles. The van der Waals surface area contributed by atoms with E-state index in [4.69, 9.17) is 0 Å². The van der Waals surface area contributed by atoms with Gasteiger partial charge < -0.3 is 10.6 Å². The summed E-state index contributed by atoms with van der Waals surface area (Å²) in [5.74, 6) is 5.93. The summed E-state index contributed by atoms with van der Waals surface area (Å²) in [4.78, 5) is 25.1. The van der Waals surface area contributed by atoms with E-state index < -0.39 is 0 Å². The quantitative estimate of drug-likeness (QED) is 0.524. The lowest BCUT2D eigenvalue weighted by molar-refractivity contribution is -0.111. The molecule has 4 rings (SSSR count). The van der Waals surface area contributed by atoms with Crippen LogP contribution in [0.4, 0.5) is 17.2 Å². The van der Waals surface area contributed by atoms with Crippen LogP contribution in [-0.4, -0.2) is 25.4 Å². The minimum absolute atomic E-state index is 0.359. The molecule has 0 aliphatic heterocycles. The molecule has 0 bridgehead atoms. The molecule has 1 amide bonds. The Kier molecular flexibility index (Phi) is 4.91. The first-order valence-electron chi connectivity index (χ1n) is 9.00. The van der Waals surface area contributed by atoms with Crippen LogP contribution in [0.2, 0.25) is 0 Å².